The summed E-state index contributed by atoms with van der Waals surface area (Å²) in [6, 6.07) is -1.36. The summed E-state index contributed by atoms with van der Waals surface area (Å²) in [5, 5.41) is 9.04. The highest BCUT2D eigenvalue weighted by Gasteiger charge is 2.35. The fourth-order valence-electron chi connectivity index (χ4n) is 1.57. The molecule has 0 aliphatic rings. The van der Waals surface area contributed by atoms with Crippen LogP contribution in [0.3, 0.4) is 0 Å². The SMILES string of the molecule is CC(C)CC(C(=O)O)N(CP(=O)(O)O)CP(=O)(O)O. The van der Waals surface area contributed by atoms with Crippen LogP contribution in [0.2, 0.25) is 0 Å². The summed E-state index contributed by atoms with van der Waals surface area (Å²) >= 11 is 0. The third-order valence-electron chi connectivity index (χ3n) is 2.15. The summed E-state index contributed by atoms with van der Waals surface area (Å²) in [5.74, 6) is -1.49. The summed E-state index contributed by atoms with van der Waals surface area (Å²) in [5.41, 5.74) is 0. The predicted molar refractivity (Wildman–Crippen MR) is 66.5 cm³/mol. The van der Waals surface area contributed by atoms with E-state index in [1.807, 2.05) is 0 Å². The second kappa shape index (κ2) is 6.95. The summed E-state index contributed by atoms with van der Waals surface area (Å²) in [6.45, 7) is 3.40. The van der Waals surface area contributed by atoms with Crippen LogP contribution in [-0.4, -0.2) is 54.2 Å². The molecule has 19 heavy (non-hydrogen) atoms. The first-order chi connectivity index (χ1) is 8.32. The predicted octanol–water partition coefficient (Wildman–Crippen LogP) is 0.0581. The lowest BCUT2D eigenvalue weighted by Gasteiger charge is -2.29. The van der Waals surface area contributed by atoms with Crippen molar-refractivity contribution in [1.29, 1.82) is 0 Å². The van der Waals surface area contributed by atoms with Crippen LogP contribution >= 0.6 is 15.2 Å². The van der Waals surface area contributed by atoms with Crippen LogP contribution in [0.1, 0.15) is 20.3 Å². The van der Waals surface area contributed by atoms with E-state index in [1.54, 1.807) is 13.8 Å². The van der Waals surface area contributed by atoms with E-state index in [2.05, 4.69) is 0 Å². The molecule has 0 aliphatic heterocycles. The van der Waals surface area contributed by atoms with Crippen molar-refractivity contribution in [1.82, 2.24) is 4.90 Å². The third kappa shape index (κ3) is 9.29. The zero-order chi connectivity index (χ0) is 15.4. The molecule has 0 saturated heterocycles. The number of hydrogen-bond acceptors (Lipinski definition) is 4. The normalized spacial score (nSPS) is 14.9. The maximum Gasteiger partial charge on any atom is 0.339 e. The minimum absolute atomic E-state index is 0.0231. The quantitative estimate of drug-likeness (QED) is 0.390. The Bertz CT molecular complexity index is 376. The molecule has 0 aromatic heterocycles. The average molecular weight is 319 g/mol. The average Bonchev–Trinajstić information content (AvgIpc) is 2.07. The third-order valence-corrected chi connectivity index (χ3v) is 3.62. The zero-order valence-corrected chi connectivity index (χ0v) is 12.4. The van der Waals surface area contributed by atoms with E-state index in [0.717, 1.165) is 0 Å². The lowest BCUT2D eigenvalue weighted by atomic mass is 10.0. The first kappa shape index (κ1) is 18.7. The van der Waals surface area contributed by atoms with E-state index in [-0.39, 0.29) is 12.3 Å². The van der Waals surface area contributed by atoms with Gasteiger partial charge in [0.15, 0.2) is 0 Å². The minimum atomic E-state index is -4.63. The van der Waals surface area contributed by atoms with Gasteiger partial charge in [0.1, 0.15) is 18.6 Å². The maximum absolute atomic E-state index is 11.1. The van der Waals surface area contributed by atoms with Crippen LogP contribution in [0, 0.1) is 5.92 Å². The number of carboxylic acid groups (broad SMARTS) is 1. The molecule has 0 spiro atoms. The lowest BCUT2D eigenvalue weighted by Crippen LogP contribution is -2.43. The van der Waals surface area contributed by atoms with Crippen molar-refractivity contribution in [3.8, 4) is 0 Å². The molecule has 0 radical (unpaired) electrons. The van der Waals surface area contributed by atoms with E-state index in [9.17, 15) is 13.9 Å². The van der Waals surface area contributed by atoms with Gasteiger partial charge in [0.25, 0.3) is 0 Å². The van der Waals surface area contributed by atoms with Gasteiger partial charge in [-0.1, -0.05) is 13.8 Å². The van der Waals surface area contributed by atoms with Crippen LogP contribution in [0.4, 0.5) is 0 Å². The molecule has 0 aromatic rings. The van der Waals surface area contributed by atoms with Gasteiger partial charge < -0.3 is 24.7 Å². The van der Waals surface area contributed by atoms with Crippen molar-refractivity contribution in [2.75, 3.05) is 12.6 Å². The van der Waals surface area contributed by atoms with Gasteiger partial charge in [-0.3, -0.25) is 18.8 Å². The molecular formula is C8H19NO8P2. The Kier molecular flexibility index (Phi) is 6.85. The van der Waals surface area contributed by atoms with Crippen molar-refractivity contribution in [3.63, 3.8) is 0 Å². The lowest BCUT2D eigenvalue weighted by molar-refractivity contribution is -0.143. The van der Waals surface area contributed by atoms with E-state index >= 15 is 0 Å². The first-order valence-electron chi connectivity index (χ1n) is 5.38. The minimum Gasteiger partial charge on any atom is -0.480 e. The first-order valence-corrected chi connectivity index (χ1v) is 8.97. The molecule has 1 unspecified atom stereocenters. The van der Waals surface area contributed by atoms with Gasteiger partial charge in [-0.15, -0.1) is 0 Å². The molecule has 11 heteroatoms. The van der Waals surface area contributed by atoms with Gasteiger partial charge >= 0.3 is 21.2 Å². The van der Waals surface area contributed by atoms with Crippen LogP contribution in [0.15, 0.2) is 0 Å². The monoisotopic (exact) mass is 319 g/mol. The Morgan fingerprint density at radius 2 is 1.42 bits per heavy atom. The van der Waals surface area contributed by atoms with E-state index < -0.39 is 39.8 Å². The Labute approximate surface area is 110 Å². The van der Waals surface area contributed by atoms with Crippen molar-refractivity contribution >= 4 is 21.2 Å². The van der Waals surface area contributed by atoms with Crippen molar-refractivity contribution in [2.45, 2.75) is 26.3 Å². The molecule has 114 valence electrons. The second-order valence-electron chi connectivity index (χ2n) is 4.68. The van der Waals surface area contributed by atoms with Gasteiger partial charge in [-0.2, -0.15) is 0 Å². The Hall–Kier alpha value is -0.270. The molecule has 5 N–H and O–H groups in total. The van der Waals surface area contributed by atoms with Crippen LogP contribution in [-0.2, 0) is 13.9 Å². The fraction of sp³-hybridized carbons (Fsp3) is 0.875. The van der Waals surface area contributed by atoms with Crippen LogP contribution < -0.4 is 0 Å². The highest BCUT2D eigenvalue weighted by molar-refractivity contribution is 7.52. The smallest absolute Gasteiger partial charge is 0.339 e. The molecule has 0 heterocycles. The van der Waals surface area contributed by atoms with Gasteiger partial charge in [0.05, 0.1) is 0 Å². The molecule has 0 saturated carbocycles. The van der Waals surface area contributed by atoms with Crippen molar-refractivity contribution < 1.29 is 38.6 Å². The molecule has 0 aliphatic carbocycles. The number of rotatable bonds is 8. The number of carboxylic acids is 1. The molecule has 1 atom stereocenters. The summed E-state index contributed by atoms with van der Waals surface area (Å²) in [7, 11) is -9.25. The summed E-state index contributed by atoms with van der Waals surface area (Å²) in [6.07, 6.45) is -2.00. The molecule has 9 nitrogen and oxygen atoms in total. The molecule has 0 bridgehead atoms. The highest BCUT2D eigenvalue weighted by Crippen LogP contribution is 2.42. The topological polar surface area (TPSA) is 156 Å². The van der Waals surface area contributed by atoms with Crippen LogP contribution in [0.25, 0.3) is 0 Å². The van der Waals surface area contributed by atoms with E-state index in [4.69, 9.17) is 24.7 Å². The number of nitrogens with zero attached hydrogens (tertiary/aromatic N) is 1. The van der Waals surface area contributed by atoms with Gasteiger partial charge in [0, 0.05) is 0 Å². The van der Waals surface area contributed by atoms with Crippen molar-refractivity contribution in [2.24, 2.45) is 5.92 Å². The molecule has 0 aromatic carbocycles. The molecule has 0 fully saturated rings. The van der Waals surface area contributed by atoms with Gasteiger partial charge in [0.2, 0.25) is 0 Å². The Morgan fingerprint density at radius 1 is 1.05 bits per heavy atom. The highest BCUT2D eigenvalue weighted by atomic mass is 31.2. The number of hydrogen-bond donors (Lipinski definition) is 5. The number of aliphatic carboxylic acids is 1. The summed E-state index contributed by atoms with van der Waals surface area (Å²) < 4.78 is 21.9. The number of carbonyl (C=O) groups is 1. The van der Waals surface area contributed by atoms with E-state index in [0.29, 0.717) is 4.90 Å². The molecular weight excluding hydrogens is 300 g/mol. The summed E-state index contributed by atoms with van der Waals surface area (Å²) in [4.78, 5) is 47.2. The van der Waals surface area contributed by atoms with E-state index in [1.165, 1.54) is 0 Å². The molecule has 0 amide bonds. The van der Waals surface area contributed by atoms with Gasteiger partial charge in [-0.05, 0) is 12.3 Å². The fourth-order valence-corrected chi connectivity index (χ4v) is 3.27. The Balaban J connectivity index is 5.21. The van der Waals surface area contributed by atoms with Gasteiger partial charge in [-0.25, -0.2) is 0 Å². The van der Waals surface area contributed by atoms with Crippen molar-refractivity contribution in [3.05, 3.63) is 0 Å². The second-order valence-corrected chi connectivity index (χ2v) is 7.91. The Morgan fingerprint density at radius 3 is 1.63 bits per heavy atom. The van der Waals surface area contributed by atoms with Crippen LogP contribution in [0.5, 0.6) is 0 Å². The molecule has 0 rings (SSSR count). The standard InChI is InChI=1S/C8H19NO8P2/c1-6(2)3-7(8(10)11)9(4-18(12,13)14)5-19(15,16)17/h6-7H,3-5H2,1-2H3,(H,10,11)(H2,12,13,14)(H2,15,16,17). The largest absolute Gasteiger partial charge is 0.480 e. The maximum atomic E-state index is 11.1. The zero-order valence-electron chi connectivity index (χ0n) is 10.6.